The van der Waals surface area contributed by atoms with Gasteiger partial charge in [-0.25, -0.2) is 4.98 Å². The first-order chi connectivity index (χ1) is 12.6. The molecule has 1 aliphatic rings. The minimum Gasteiger partial charge on any atom is -0.439 e. The van der Waals surface area contributed by atoms with Crippen LogP contribution < -0.4 is 4.74 Å². The Balaban J connectivity index is 1.76. The maximum atomic E-state index is 9.41. The zero-order valence-electron chi connectivity index (χ0n) is 15.5. The fourth-order valence-electron chi connectivity index (χ4n) is 3.00. The van der Waals surface area contributed by atoms with Crippen molar-refractivity contribution in [2.24, 2.45) is 5.16 Å². The second-order valence-corrected chi connectivity index (χ2v) is 6.85. The molecule has 2 aromatic rings. The molecule has 0 fully saturated rings. The van der Waals surface area contributed by atoms with Crippen molar-refractivity contribution in [2.45, 2.75) is 33.1 Å². The largest absolute Gasteiger partial charge is 0.439 e. The van der Waals surface area contributed by atoms with Crippen molar-refractivity contribution >= 4 is 5.84 Å². The molecule has 5 heteroatoms. The van der Waals surface area contributed by atoms with Gasteiger partial charge in [-0.15, -0.1) is 0 Å². The molecule has 0 bridgehead atoms. The Bertz CT molecular complexity index is 811. The predicted octanol–water partition coefficient (Wildman–Crippen LogP) is 4.70. The molecule has 1 aromatic carbocycles. The third-order valence-corrected chi connectivity index (χ3v) is 4.41. The van der Waals surface area contributed by atoms with Crippen LogP contribution in [0, 0.1) is 6.92 Å². The van der Waals surface area contributed by atoms with E-state index in [-0.39, 0.29) is 0 Å². The third kappa shape index (κ3) is 4.23. The van der Waals surface area contributed by atoms with Gasteiger partial charge in [0.15, 0.2) is 5.84 Å². The molecule has 0 saturated carbocycles. The monoisotopic (exact) mass is 351 g/mol. The lowest BCUT2D eigenvalue weighted by molar-refractivity contribution is 0.303. The summed E-state index contributed by atoms with van der Waals surface area (Å²) in [6.45, 7) is 7.95. The van der Waals surface area contributed by atoms with E-state index in [2.05, 4.69) is 49.1 Å². The quantitative estimate of drug-likeness (QED) is 0.285. The molecule has 136 valence electrons. The standard InChI is InChI=1S/C21H25N3O2/c1-15(2)18-11-16(3)12-19(13-18)26-20-8-7-17(14-22-20)21(23-25)24-9-5-4-6-10-24/h4-5,7-8,11-15,25H,6,9-10H2,1-3H3/b23-21-. The minimum atomic E-state index is 0.439. The van der Waals surface area contributed by atoms with Crippen LogP contribution in [0.15, 0.2) is 53.8 Å². The van der Waals surface area contributed by atoms with E-state index in [0.29, 0.717) is 17.6 Å². The number of ether oxygens (including phenoxy) is 1. The van der Waals surface area contributed by atoms with E-state index in [1.54, 1.807) is 12.3 Å². The van der Waals surface area contributed by atoms with E-state index in [9.17, 15) is 5.21 Å². The van der Waals surface area contributed by atoms with Crippen LogP contribution in [0.4, 0.5) is 0 Å². The Morgan fingerprint density at radius 2 is 2.08 bits per heavy atom. The van der Waals surface area contributed by atoms with Gasteiger partial charge in [-0.2, -0.15) is 0 Å². The van der Waals surface area contributed by atoms with E-state index in [0.717, 1.165) is 36.4 Å². The molecule has 3 rings (SSSR count). The molecule has 0 unspecified atom stereocenters. The summed E-state index contributed by atoms with van der Waals surface area (Å²) in [6, 6.07) is 9.90. The van der Waals surface area contributed by atoms with Crippen molar-refractivity contribution in [3.05, 3.63) is 65.4 Å². The molecule has 1 N–H and O–H groups in total. The molecule has 1 aromatic heterocycles. The first-order valence-electron chi connectivity index (χ1n) is 8.94. The van der Waals surface area contributed by atoms with Crippen molar-refractivity contribution in [3.8, 4) is 11.6 Å². The number of amidine groups is 1. The zero-order chi connectivity index (χ0) is 18.5. The fourth-order valence-corrected chi connectivity index (χ4v) is 3.00. The number of nitrogens with zero attached hydrogens (tertiary/aromatic N) is 3. The van der Waals surface area contributed by atoms with Gasteiger partial charge >= 0.3 is 0 Å². The molecular formula is C21H25N3O2. The van der Waals surface area contributed by atoms with Crippen molar-refractivity contribution < 1.29 is 9.94 Å². The topological polar surface area (TPSA) is 58.0 Å². The Morgan fingerprint density at radius 3 is 2.69 bits per heavy atom. The van der Waals surface area contributed by atoms with Gasteiger partial charge in [0.2, 0.25) is 5.88 Å². The van der Waals surface area contributed by atoms with E-state index in [1.165, 1.54) is 5.56 Å². The average Bonchev–Trinajstić information content (AvgIpc) is 2.64. The van der Waals surface area contributed by atoms with Gasteiger partial charge in [-0.05, 0) is 48.6 Å². The number of pyridine rings is 1. The molecule has 26 heavy (non-hydrogen) atoms. The second-order valence-electron chi connectivity index (χ2n) is 6.85. The van der Waals surface area contributed by atoms with Gasteiger partial charge in [-0.3, -0.25) is 0 Å². The highest BCUT2D eigenvalue weighted by molar-refractivity contribution is 5.98. The number of aromatic nitrogens is 1. The molecule has 0 amide bonds. The first-order valence-corrected chi connectivity index (χ1v) is 8.94. The number of oxime groups is 1. The maximum Gasteiger partial charge on any atom is 0.219 e. The predicted molar refractivity (Wildman–Crippen MR) is 103 cm³/mol. The first kappa shape index (κ1) is 18.0. The molecule has 0 radical (unpaired) electrons. The van der Waals surface area contributed by atoms with E-state index in [1.807, 2.05) is 23.1 Å². The fraction of sp³-hybridized carbons (Fsp3) is 0.333. The van der Waals surface area contributed by atoms with Crippen LogP contribution in [0.3, 0.4) is 0 Å². The molecule has 0 spiro atoms. The third-order valence-electron chi connectivity index (χ3n) is 4.41. The number of hydrogen-bond donors (Lipinski definition) is 1. The average molecular weight is 351 g/mol. The number of rotatable bonds is 4. The van der Waals surface area contributed by atoms with Crippen LogP contribution in [-0.2, 0) is 0 Å². The SMILES string of the molecule is Cc1cc(Oc2ccc(/C(=N/O)N3CC=CCC3)cn2)cc(C(C)C)c1. The summed E-state index contributed by atoms with van der Waals surface area (Å²) in [5.74, 6) is 2.27. The second kappa shape index (κ2) is 8.04. The van der Waals surface area contributed by atoms with Crippen LogP contribution in [0.2, 0.25) is 0 Å². The Hall–Kier alpha value is -2.82. The molecule has 0 atom stereocenters. The van der Waals surface area contributed by atoms with Crippen LogP contribution in [0.25, 0.3) is 0 Å². The van der Waals surface area contributed by atoms with Gasteiger partial charge in [0.25, 0.3) is 0 Å². The summed E-state index contributed by atoms with van der Waals surface area (Å²) in [5, 5.41) is 12.9. The van der Waals surface area contributed by atoms with Crippen LogP contribution >= 0.6 is 0 Å². The van der Waals surface area contributed by atoms with Gasteiger partial charge in [-0.1, -0.05) is 37.2 Å². The van der Waals surface area contributed by atoms with Gasteiger partial charge in [0.05, 0.1) is 0 Å². The highest BCUT2D eigenvalue weighted by atomic mass is 16.5. The van der Waals surface area contributed by atoms with E-state index >= 15 is 0 Å². The van der Waals surface area contributed by atoms with Gasteiger partial charge in [0.1, 0.15) is 5.75 Å². The lowest BCUT2D eigenvalue weighted by Gasteiger charge is -2.25. The summed E-state index contributed by atoms with van der Waals surface area (Å²) in [6.07, 6.45) is 6.83. The Morgan fingerprint density at radius 1 is 1.23 bits per heavy atom. The van der Waals surface area contributed by atoms with Crippen LogP contribution in [0.5, 0.6) is 11.6 Å². The molecule has 1 aliphatic heterocycles. The van der Waals surface area contributed by atoms with Crippen molar-refractivity contribution in [3.63, 3.8) is 0 Å². The Kier molecular flexibility index (Phi) is 5.56. The molecule has 2 heterocycles. The lowest BCUT2D eigenvalue weighted by atomic mass is 10.0. The van der Waals surface area contributed by atoms with Crippen molar-refractivity contribution in [1.29, 1.82) is 0 Å². The van der Waals surface area contributed by atoms with E-state index < -0.39 is 0 Å². The maximum absolute atomic E-state index is 9.41. The molecule has 5 nitrogen and oxygen atoms in total. The normalized spacial score (nSPS) is 14.8. The summed E-state index contributed by atoms with van der Waals surface area (Å²) < 4.78 is 5.93. The van der Waals surface area contributed by atoms with Crippen LogP contribution in [0.1, 0.15) is 42.9 Å². The van der Waals surface area contributed by atoms with E-state index in [4.69, 9.17) is 4.74 Å². The Labute approximate surface area is 154 Å². The summed E-state index contributed by atoms with van der Waals surface area (Å²) in [5.41, 5.74) is 3.17. The molecular weight excluding hydrogens is 326 g/mol. The smallest absolute Gasteiger partial charge is 0.219 e. The zero-order valence-corrected chi connectivity index (χ0v) is 15.5. The van der Waals surface area contributed by atoms with Gasteiger partial charge < -0.3 is 14.8 Å². The minimum absolute atomic E-state index is 0.439. The molecule has 0 saturated heterocycles. The van der Waals surface area contributed by atoms with Crippen LogP contribution in [-0.4, -0.2) is 34.0 Å². The number of hydrogen-bond acceptors (Lipinski definition) is 4. The summed E-state index contributed by atoms with van der Waals surface area (Å²) >= 11 is 0. The highest BCUT2D eigenvalue weighted by Crippen LogP contribution is 2.26. The highest BCUT2D eigenvalue weighted by Gasteiger charge is 2.15. The van der Waals surface area contributed by atoms with Crippen molar-refractivity contribution in [2.75, 3.05) is 13.1 Å². The molecule has 0 aliphatic carbocycles. The summed E-state index contributed by atoms with van der Waals surface area (Å²) in [7, 11) is 0. The van der Waals surface area contributed by atoms with Crippen molar-refractivity contribution in [1.82, 2.24) is 9.88 Å². The van der Waals surface area contributed by atoms with Gasteiger partial charge in [0, 0.05) is 30.9 Å². The summed E-state index contributed by atoms with van der Waals surface area (Å²) in [4.78, 5) is 6.40. The lowest BCUT2D eigenvalue weighted by Crippen LogP contribution is -2.34. The number of benzene rings is 1. The number of aryl methyl sites for hydroxylation is 1.